The fraction of sp³-hybridized carbons (Fsp3) is 0.375. The SMILES string of the molecule is COc1ccc(-c2cn3nc(NCC4CC4)sc3n2)cc1OC. The highest BCUT2D eigenvalue weighted by molar-refractivity contribution is 7.20. The van der Waals surface area contributed by atoms with Gasteiger partial charge in [0, 0.05) is 12.1 Å². The Bertz CT molecular complexity index is 806. The van der Waals surface area contributed by atoms with Gasteiger partial charge in [-0.15, -0.1) is 5.10 Å². The number of hydrogen-bond donors (Lipinski definition) is 1. The minimum Gasteiger partial charge on any atom is -0.493 e. The Morgan fingerprint density at radius 3 is 2.78 bits per heavy atom. The molecular weight excluding hydrogens is 312 g/mol. The molecular formula is C16H18N4O2S. The van der Waals surface area contributed by atoms with Crippen LogP contribution in [-0.2, 0) is 0 Å². The third-order valence-electron chi connectivity index (χ3n) is 3.96. The molecule has 23 heavy (non-hydrogen) atoms. The van der Waals surface area contributed by atoms with Crippen LogP contribution >= 0.6 is 11.3 Å². The van der Waals surface area contributed by atoms with Crippen LogP contribution in [0.1, 0.15) is 12.8 Å². The maximum Gasteiger partial charge on any atom is 0.214 e. The molecule has 0 unspecified atom stereocenters. The van der Waals surface area contributed by atoms with E-state index in [9.17, 15) is 0 Å². The fourth-order valence-corrected chi connectivity index (χ4v) is 3.25. The molecule has 120 valence electrons. The summed E-state index contributed by atoms with van der Waals surface area (Å²) in [6.07, 6.45) is 4.60. The monoisotopic (exact) mass is 330 g/mol. The van der Waals surface area contributed by atoms with Crippen LogP contribution in [0.2, 0.25) is 0 Å². The van der Waals surface area contributed by atoms with E-state index in [1.54, 1.807) is 25.6 Å². The van der Waals surface area contributed by atoms with E-state index in [1.807, 2.05) is 28.9 Å². The van der Waals surface area contributed by atoms with Crippen molar-refractivity contribution in [1.82, 2.24) is 14.6 Å². The molecule has 0 spiro atoms. The van der Waals surface area contributed by atoms with E-state index in [1.165, 1.54) is 12.8 Å². The topological polar surface area (TPSA) is 60.7 Å². The van der Waals surface area contributed by atoms with Crippen molar-refractivity contribution in [1.29, 1.82) is 0 Å². The maximum absolute atomic E-state index is 5.35. The van der Waals surface area contributed by atoms with Gasteiger partial charge in [-0.3, -0.25) is 0 Å². The zero-order valence-electron chi connectivity index (χ0n) is 13.1. The van der Waals surface area contributed by atoms with Gasteiger partial charge in [0.2, 0.25) is 10.1 Å². The van der Waals surface area contributed by atoms with Gasteiger partial charge in [-0.2, -0.15) is 0 Å². The normalized spacial score (nSPS) is 14.2. The van der Waals surface area contributed by atoms with Crippen LogP contribution in [0, 0.1) is 5.92 Å². The number of aromatic nitrogens is 3. The average Bonchev–Trinajstić information content (AvgIpc) is 3.21. The molecule has 3 aromatic rings. The quantitative estimate of drug-likeness (QED) is 0.751. The summed E-state index contributed by atoms with van der Waals surface area (Å²) in [4.78, 5) is 5.54. The number of hydrogen-bond acceptors (Lipinski definition) is 6. The lowest BCUT2D eigenvalue weighted by Gasteiger charge is -2.08. The van der Waals surface area contributed by atoms with Crippen LogP contribution < -0.4 is 14.8 Å². The van der Waals surface area contributed by atoms with Crippen LogP contribution in [0.4, 0.5) is 5.13 Å². The highest BCUT2D eigenvalue weighted by Crippen LogP contribution is 2.33. The number of nitrogens with zero attached hydrogens (tertiary/aromatic N) is 3. The predicted molar refractivity (Wildman–Crippen MR) is 90.6 cm³/mol. The van der Waals surface area contributed by atoms with Crippen molar-refractivity contribution in [3.8, 4) is 22.8 Å². The summed E-state index contributed by atoms with van der Waals surface area (Å²) in [5.74, 6) is 2.23. The molecule has 0 radical (unpaired) electrons. The van der Waals surface area contributed by atoms with Gasteiger partial charge in [-0.25, -0.2) is 9.50 Å². The molecule has 4 rings (SSSR count). The van der Waals surface area contributed by atoms with Gasteiger partial charge in [0.15, 0.2) is 11.5 Å². The van der Waals surface area contributed by atoms with E-state index in [2.05, 4.69) is 15.4 Å². The van der Waals surface area contributed by atoms with E-state index in [0.29, 0.717) is 11.5 Å². The van der Waals surface area contributed by atoms with E-state index in [-0.39, 0.29) is 0 Å². The van der Waals surface area contributed by atoms with Gasteiger partial charge < -0.3 is 14.8 Å². The minimum atomic E-state index is 0.695. The van der Waals surface area contributed by atoms with Crippen molar-refractivity contribution < 1.29 is 9.47 Å². The molecule has 0 atom stereocenters. The van der Waals surface area contributed by atoms with Gasteiger partial charge in [-0.05, 0) is 37.0 Å². The Balaban J connectivity index is 1.59. The molecule has 1 N–H and O–H groups in total. The molecule has 6 nitrogen and oxygen atoms in total. The average molecular weight is 330 g/mol. The van der Waals surface area contributed by atoms with Crippen LogP contribution in [0.25, 0.3) is 16.2 Å². The van der Waals surface area contributed by atoms with Gasteiger partial charge in [0.05, 0.1) is 26.1 Å². The molecule has 2 heterocycles. The summed E-state index contributed by atoms with van der Waals surface area (Å²) in [5, 5.41) is 8.85. The first-order chi connectivity index (χ1) is 11.3. The van der Waals surface area contributed by atoms with Crippen LogP contribution in [-0.4, -0.2) is 35.4 Å². The first kappa shape index (κ1) is 14.3. The van der Waals surface area contributed by atoms with Crippen LogP contribution in [0.15, 0.2) is 24.4 Å². The van der Waals surface area contributed by atoms with Crippen molar-refractivity contribution >= 4 is 21.4 Å². The highest BCUT2D eigenvalue weighted by Gasteiger charge is 2.21. The van der Waals surface area contributed by atoms with Gasteiger partial charge >= 0.3 is 0 Å². The van der Waals surface area contributed by atoms with Crippen molar-refractivity contribution in [2.24, 2.45) is 5.92 Å². The van der Waals surface area contributed by atoms with E-state index in [0.717, 1.165) is 33.8 Å². The smallest absolute Gasteiger partial charge is 0.214 e. The minimum absolute atomic E-state index is 0.695. The lowest BCUT2D eigenvalue weighted by Crippen LogP contribution is -2.02. The molecule has 1 fully saturated rings. The van der Waals surface area contributed by atoms with E-state index in [4.69, 9.17) is 9.47 Å². The summed E-state index contributed by atoms with van der Waals surface area (Å²) in [6.45, 7) is 1.01. The van der Waals surface area contributed by atoms with E-state index < -0.39 is 0 Å². The van der Waals surface area contributed by atoms with Crippen molar-refractivity contribution in [2.45, 2.75) is 12.8 Å². The van der Waals surface area contributed by atoms with Crippen molar-refractivity contribution in [3.05, 3.63) is 24.4 Å². The van der Waals surface area contributed by atoms with Crippen molar-refractivity contribution in [2.75, 3.05) is 26.1 Å². The lowest BCUT2D eigenvalue weighted by molar-refractivity contribution is 0.355. The molecule has 0 aliphatic heterocycles. The Morgan fingerprint density at radius 2 is 2.09 bits per heavy atom. The van der Waals surface area contributed by atoms with E-state index >= 15 is 0 Å². The second-order valence-corrected chi connectivity index (χ2v) is 6.61. The standard InChI is InChI=1S/C16H18N4O2S/c1-21-13-6-5-11(7-14(13)22-2)12-9-20-16(18-12)23-15(19-20)17-8-10-3-4-10/h5-7,9-10H,3-4,8H2,1-2H3,(H,17,19). The molecule has 7 heteroatoms. The molecule has 1 aromatic carbocycles. The molecule has 0 amide bonds. The Hall–Kier alpha value is -2.28. The van der Waals surface area contributed by atoms with Crippen LogP contribution in [0.3, 0.4) is 0 Å². The summed E-state index contributed by atoms with van der Waals surface area (Å²) in [6, 6.07) is 5.79. The summed E-state index contributed by atoms with van der Waals surface area (Å²) < 4.78 is 12.4. The number of fused-ring (bicyclic) bond motifs is 1. The molecule has 0 saturated heterocycles. The number of rotatable bonds is 6. The Morgan fingerprint density at radius 1 is 1.26 bits per heavy atom. The first-order valence-electron chi connectivity index (χ1n) is 7.59. The highest BCUT2D eigenvalue weighted by atomic mass is 32.1. The maximum atomic E-state index is 5.35. The summed E-state index contributed by atoms with van der Waals surface area (Å²) >= 11 is 1.57. The molecule has 1 aliphatic rings. The number of ether oxygens (including phenoxy) is 2. The fourth-order valence-electron chi connectivity index (χ4n) is 2.46. The summed E-state index contributed by atoms with van der Waals surface area (Å²) in [5.41, 5.74) is 1.85. The van der Waals surface area contributed by atoms with Gasteiger partial charge in [0.25, 0.3) is 0 Å². The molecule has 2 aromatic heterocycles. The van der Waals surface area contributed by atoms with Crippen molar-refractivity contribution in [3.63, 3.8) is 0 Å². The number of nitrogens with one attached hydrogen (secondary N) is 1. The third-order valence-corrected chi connectivity index (χ3v) is 4.84. The molecule has 1 saturated carbocycles. The molecule has 1 aliphatic carbocycles. The first-order valence-corrected chi connectivity index (χ1v) is 8.41. The van der Waals surface area contributed by atoms with Gasteiger partial charge in [-0.1, -0.05) is 11.3 Å². The lowest BCUT2D eigenvalue weighted by atomic mass is 10.1. The molecule has 0 bridgehead atoms. The summed E-state index contributed by atoms with van der Waals surface area (Å²) in [7, 11) is 3.26. The number of benzene rings is 1. The van der Waals surface area contributed by atoms with Gasteiger partial charge in [0.1, 0.15) is 0 Å². The largest absolute Gasteiger partial charge is 0.493 e. The zero-order valence-corrected chi connectivity index (χ0v) is 13.9. The predicted octanol–water partition coefficient (Wildman–Crippen LogP) is 3.30. The number of methoxy groups -OCH3 is 2. The third kappa shape index (κ3) is 2.84. The second kappa shape index (κ2) is 5.73. The number of imidazole rings is 1. The second-order valence-electron chi connectivity index (χ2n) is 5.65. The Labute approximate surface area is 138 Å². The zero-order chi connectivity index (χ0) is 15.8. The van der Waals surface area contributed by atoms with Crippen LogP contribution in [0.5, 0.6) is 11.5 Å². The Kier molecular flexibility index (Phi) is 3.57. The number of anilines is 1.